The number of amides is 2. The lowest BCUT2D eigenvalue weighted by Crippen LogP contribution is -2.65. The van der Waals surface area contributed by atoms with E-state index >= 15 is 0 Å². The number of hydrogen-bond acceptors (Lipinski definition) is 5. The van der Waals surface area contributed by atoms with Gasteiger partial charge >= 0.3 is 6.09 Å². The Hall–Kier alpha value is -1.89. The van der Waals surface area contributed by atoms with Crippen molar-refractivity contribution in [2.75, 3.05) is 26.2 Å². The molecule has 0 aromatic carbocycles. The molecule has 3 rings (SSSR count). The van der Waals surface area contributed by atoms with Crippen LogP contribution in [0.4, 0.5) is 4.79 Å². The van der Waals surface area contributed by atoms with E-state index in [9.17, 15) is 9.59 Å². The number of aromatic nitrogens is 2. The van der Waals surface area contributed by atoms with Gasteiger partial charge in [-0.3, -0.25) is 4.79 Å². The maximum absolute atomic E-state index is 12.6. The second kappa shape index (κ2) is 6.44. The second-order valence-corrected chi connectivity index (χ2v) is 8.25. The van der Waals surface area contributed by atoms with Crippen molar-refractivity contribution >= 4 is 23.6 Å². The summed E-state index contributed by atoms with van der Waals surface area (Å²) < 4.78 is 5.41. The predicted molar refractivity (Wildman–Crippen MR) is 92.4 cm³/mol. The molecule has 0 saturated carbocycles. The largest absolute Gasteiger partial charge is 0.444 e. The molecule has 1 aromatic heterocycles. The van der Waals surface area contributed by atoms with E-state index in [2.05, 4.69) is 9.97 Å². The molecule has 1 spiro atoms. The molecule has 0 N–H and O–H groups in total. The fourth-order valence-electron chi connectivity index (χ4n) is 3.46. The number of piperidine rings is 1. The number of hydrogen-bond donors (Lipinski definition) is 0. The summed E-state index contributed by atoms with van der Waals surface area (Å²) in [6.45, 7) is 8.16. The maximum Gasteiger partial charge on any atom is 0.410 e. The van der Waals surface area contributed by atoms with Crippen LogP contribution in [0.5, 0.6) is 0 Å². The Morgan fingerprint density at radius 1 is 1.16 bits per heavy atom. The van der Waals surface area contributed by atoms with Gasteiger partial charge in [0.1, 0.15) is 5.60 Å². The van der Waals surface area contributed by atoms with E-state index in [4.69, 9.17) is 16.3 Å². The fraction of sp³-hybridized carbons (Fsp3) is 0.647. The first kappa shape index (κ1) is 17.9. The summed E-state index contributed by atoms with van der Waals surface area (Å²) in [5, 5.41) is 0.124. The summed E-state index contributed by atoms with van der Waals surface area (Å²) in [6.07, 6.45) is 4.54. The number of likely N-dealkylation sites (tertiary alicyclic amines) is 2. The van der Waals surface area contributed by atoms with Gasteiger partial charge in [0, 0.05) is 44.0 Å². The maximum atomic E-state index is 12.6. The summed E-state index contributed by atoms with van der Waals surface area (Å²) in [4.78, 5) is 36.0. The lowest BCUT2D eigenvalue weighted by Gasteiger charge is -2.54. The lowest BCUT2D eigenvalue weighted by atomic mass is 9.73. The van der Waals surface area contributed by atoms with Crippen LogP contribution in [0, 0.1) is 5.41 Å². The van der Waals surface area contributed by atoms with Crippen molar-refractivity contribution in [1.82, 2.24) is 19.8 Å². The van der Waals surface area contributed by atoms with E-state index in [1.54, 1.807) is 4.90 Å². The van der Waals surface area contributed by atoms with Gasteiger partial charge < -0.3 is 14.5 Å². The first-order valence-electron chi connectivity index (χ1n) is 8.42. The van der Waals surface area contributed by atoms with Gasteiger partial charge in [0.05, 0.1) is 5.56 Å². The monoisotopic (exact) mass is 366 g/mol. The molecular formula is C17H23ClN4O3. The van der Waals surface area contributed by atoms with E-state index < -0.39 is 5.60 Å². The standard InChI is InChI=1S/C17H23ClN4O3/c1-16(2,3)25-15(24)22-10-17(11-22)5-4-6-21(9-17)13(23)12-7-19-14(18)20-8-12/h7-8H,4-6,9-11H2,1-3H3. The minimum atomic E-state index is -0.497. The molecule has 2 amide bonds. The van der Waals surface area contributed by atoms with Crippen molar-refractivity contribution in [3.63, 3.8) is 0 Å². The van der Waals surface area contributed by atoms with Gasteiger partial charge in [-0.15, -0.1) is 0 Å². The molecule has 136 valence electrons. The molecule has 2 saturated heterocycles. The Labute approximate surface area is 152 Å². The minimum Gasteiger partial charge on any atom is -0.444 e. The van der Waals surface area contributed by atoms with Crippen molar-refractivity contribution in [3.8, 4) is 0 Å². The van der Waals surface area contributed by atoms with E-state index in [0.717, 1.165) is 12.8 Å². The highest BCUT2D eigenvalue weighted by atomic mass is 35.5. The molecule has 25 heavy (non-hydrogen) atoms. The van der Waals surface area contributed by atoms with Crippen LogP contribution in [0.25, 0.3) is 0 Å². The molecule has 2 aliphatic rings. The van der Waals surface area contributed by atoms with Crippen LogP contribution < -0.4 is 0 Å². The molecule has 2 aliphatic heterocycles. The SMILES string of the molecule is CC(C)(C)OC(=O)N1CC2(CCCN(C(=O)c3cnc(Cl)nc3)C2)C1. The zero-order valence-electron chi connectivity index (χ0n) is 14.8. The van der Waals surface area contributed by atoms with Gasteiger partial charge in [-0.1, -0.05) is 0 Å². The number of nitrogens with zero attached hydrogens (tertiary/aromatic N) is 4. The van der Waals surface area contributed by atoms with Crippen molar-refractivity contribution in [1.29, 1.82) is 0 Å². The van der Waals surface area contributed by atoms with Crippen molar-refractivity contribution in [2.24, 2.45) is 5.41 Å². The molecule has 0 radical (unpaired) electrons. The number of carbonyl (C=O) groups is 2. The van der Waals surface area contributed by atoms with Crippen LogP contribution in [0.3, 0.4) is 0 Å². The third kappa shape index (κ3) is 4.03. The highest BCUT2D eigenvalue weighted by molar-refractivity contribution is 6.28. The molecular weight excluding hydrogens is 344 g/mol. The molecule has 0 unspecified atom stereocenters. The van der Waals surface area contributed by atoms with Crippen LogP contribution in [0.1, 0.15) is 44.0 Å². The normalized spacial score (nSPS) is 19.5. The second-order valence-electron chi connectivity index (χ2n) is 7.91. The zero-order chi connectivity index (χ0) is 18.2. The first-order chi connectivity index (χ1) is 11.7. The average Bonchev–Trinajstić information content (AvgIpc) is 2.51. The predicted octanol–water partition coefficient (Wildman–Crippen LogP) is 2.60. The number of ether oxygens (including phenoxy) is 1. The van der Waals surface area contributed by atoms with Gasteiger partial charge in [-0.2, -0.15) is 0 Å². The highest BCUT2D eigenvalue weighted by Gasteiger charge is 2.49. The first-order valence-corrected chi connectivity index (χ1v) is 8.80. The summed E-state index contributed by atoms with van der Waals surface area (Å²) in [5.41, 5.74) is -0.0917. The Morgan fingerprint density at radius 2 is 1.76 bits per heavy atom. The summed E-state index contributed by atoms with van der Waals surface area (Å²) in [7, 11) is 0. The topological polar surface area (TPSA) is 75.6 Å². The van der Waals surface area contributed by atoms with E-state index in [1.165, 1.54) is 12.4 Å². The van der Waals surface area contributed by atoms with Gasteiger partial charge in [0.25, 0.3) is 5.91 Å². The summed E-state index contributed by atoms with van der Waals surface area (Å²) in [5.74, 6) is -0.0912. The molecule has 0 aliphatic carbocycles. The Morgan fingerprint density at radius 3 is 2.36 bits per heavy atom. The van der Waals surface area contributed by atoms with Crippen LogP contribution >= 0.6 is 11.6 Å². The average molecular weight is 367 g/mol. The smallest absolute Gasteiger partial charge is 0.410 e. The van der Waals surface area contributed by atoms with Crippen LogP contribution in [-0.4, -0.2) is 63.5 Å². The van der Waals surface area contributed by atoms with Gasteiger partial charge in [-0.05, 0) is 45.2 Å². The number of rotatable bonds is 1. The van der Waals surface area contributed by atoms with Gasteiger partial charge in [0.15, 0.2) is 0 Å². The molecule has 1 aromatic rings. The van der Waals surface area contributed by atoms with E-state index in [0.29, 0.717) is 31.7 Å². The molecule has 7 nitrogen and oxygen atoms in total. The third-order valence-electron chi connectivity index (χ3n) is 4.52. The summed E-state index contributed by atoms with van der Waals surface area (Å²) in [6, 6.07) is 0. The lowest BCUT2D eigenvalue weighted by molar-refractivity contribution is -0.0592. The van der Waals surface area contributed by atoms with E-state index in [1.807, 2.05) is 25.7 Å². The highest BCUT2D eigenvalue weighted by Crippen LogP contribution is 2.40. The Kier molecular flexibility index (Phi) is 4.62. The van der Waals surface area contributed by atoms with E-state index in [-0.39, 0.29) is 22.7 Å². The van der Waals surface area contributed by atoms with Crippen LogP contribution in [-0.2, 0) is 4.74 Å². The Bertz CT molecular complexity index is 665. The van der Waals surface area contributed by atoms with Gasteiger partial charge in [-0.25, -0.2) is 14.8 Å². The van der Waals surface area contributed by atoms with Crippen LogP contribution in [0.2, 0.25) is 5.28 Å². The van der Waals surface area contributed by atoms with Crippen LogP contribution in [0.15, 0.2) is 12.4 Å². The zero-order valence-corrected chi connectivity index (χ0v) is 15.5. The molecule has 3 heterocycles. The minimum absolute atomic E-state index is 0.0297. The molecule has 8 heteroatoms. The molecule has 0 bridgehead atoms. The number of halogens is 1. The third-order valence-corrected chi connectivity index (χ3v) is 4.72. The van der Waals surface area contributed by atoms with Crippen molar-refractivity contribution < 1.29 is 14.3 Å². The van der Waals surface area contributed by atoms with Gasteiger partial charge in [0.2, 0.25) is 5.28 Å². The van der Waals surface area contributed by atoms with Crippen molar-refractivity contribution in [2.45, 2.75) is 39.2 Å². The molecule has 0 atom stereocenters. The summed E-state index contributed by atoms with van der Waals surface area (Å²) >= 11 is 5.67. The van der Waals surface area contributed by atoms with Crippen molar-refractivity contribution in [3.05, 3.63) is 23.2 Å². The molecule has 2 fully saturated rings. The number of carbonyl (C=O) groups excluding carboxylic acids is 2. The fourth-order valence-corrected chi connectivity index (χ4v) is 3.56. The quantitative estimate of drug-likeness (QED) is 0.714. The Balaban J connectivity index is 1.60.